The predicted octanol–water partition coefficient (Wildman–Crippen LogP) is 3.55. The molecule has 3 heteroatoms. The van der Waals surface area contributed by atoms with Gasteiger partial charge in [-0.3, -0.25) is 10.8 Å². The van der Waals surface area contributed by atoms with Gasteiger partial charge in [0.1, 0.15) is 0 Å². The Kier molecular flexibility index (Phi) is 4.45. The van der Waals surface area contributed by atoms with Crippen LogP contribution in [0.4, 0.5) is 0 Å². The van der Waals surface area contributed by atoms with Crippen molar-refractivity contribution in [2.24, 2.45) is 5.84 Å². The molecule has 1 unspecified atom stereocenters. The van der Waals surface area contributed by atoms with Crippen molar-refractivity contribution in [2.45, 2.75) is 46.1 Å². The summed E-state index contributed by atoms with van der Waals surface area (Å²) >= 11 is 0. The molecule has 0 aliphatic heterocycles. The van der Waals surface area contributed by atoms with Gasteiger partial charge in [-0.25, -0.2) is 5.43 Å². The molecular weight excluding hydrogens is 258 g/mol. The Morgan fingerprint density at radius 2 is 1.48 bits per heavy atom. The van der Waals surface area contributed by atoms with E-state index >= 15 is 0 Å². The number of rotatable bonds is 3. The van der Waals surface area contributed by atoms with E-state index in [-0.39, 0.29) is 11.5 Å². The number of nitrogens with one attached hydrogen (secondary N) is 1. The fourth-order valence-corrected chi connectivity index (χ4v) is 2.59. The number of aromatic nitrogens is 1. The van der Waals surface area contributed by atoms with Crippen molar-refractivity contribution in [2.75, 3.05) is 0 Å². The van der Waals surface area contributed by atoms with Gasteiger partial charge < -0.3 is 0 Å². The Balaban J connectivity index is 2.37. The molecule has 0 amide bonds. The summed E-state index contributed by atoms with van der Waals surface area (Å²) in [5, 5.41) is 0. The first-order chi connectivity index (χ1) is 9.81. The van der Waals surface area contributed by atoms with Crippen LogP contribution in [-0.2, 0) is 5.41 Å². The van der Waals surface area contributed by atoms with E-state index in [1.54, 1.807) is 0 Å². The molecule has 0 saturated carbocycles. The summed E-state index contributed by atoms with van der Waals surface area (Å²) in [6.45, 7) is 10.7. The molecule has 21 heavy (non-hydrogen) atoms. The molecule has 1 aromatic heterocycles. The zero-order valence-electron chi connectivity index (χ0n) is 13.6. The topological polar surface area (TPSA) is 50.9 Å². The van der Waals surface area contributed by atoms with Gasteiger partial charge >= 0.3 is 0 Å². The first-order valence-electron chi connectivity index (χ1n) is 7.33. The summed E-state index contributed by atoms with van der Waals surface area (Å²) < 4.78 is 0. The molecule has 1 heterocycles. The third-order valence-electron chi connectivity index (χ3n) is 3.71. The highest BCUT2D eigenvalue weighted by atomic mass is 15.2. The van der Waals surface area contributed by atoms with Crippen LogP contribution in [0.1, 0.15) is 54.9 Å². The van der Waals surface area contributed by atoms with Gasteiger partial charge in [-0.2, -0.15) is 0 Å². The van der Waals surface area contributed by atoms with Crippen LogP contribution >= 0.6 is 0 Å². The lowest BCUT2D eigenvalue weighted by atomic mass is 9.86. The predicted molar refractivity (Wildman–Crippen MR) is 88.0 cm³/mol. The Morgan fingerprint density at radius 3 is 1.90 bits per heavy atom. The number of hydrogen-bond donors (Lipinski definition) is 2. The van der Waals surface area contributed by atoms with Gasteiger partial charge in [-0.05, 0) is 48.1 Å². The average molecular weight is 283 g/mol. The lowest BCUT2D eigenvalue weighted by molar-refractivity contribution is 0.588. The highest BCUT2D eigenvalue weighted by molar-refractivity contribution is 5.36. The van der Waals surface area contributed by atoms with Crippen LogP contribution in [0.3, 0.4) is 0 Å². The molecule has 2 rings (SSSR count). The molecular formula is C18H25N3. The largest absolute Gasteiger partial charge is 0.271 e. The van der Waals surface area contributed by atoms with Gasteiger partial charge in [0.15, 0.2) is 0 Å². The summed E-state index contributed by atoms with van der Waals surface area (Å²) in [6, 6.07) is 12.8. The van der Waals surface area contributed by atoms with Crippen molar-refractivity contribution in [3.8, 4) is 0 Å². The normalized spacial score (nSPS) is 13.2. The number of pyridine rings is 1. The van der Waals surface area contributed by atoms with Gasteiger partial charge in [0.25, 0.3) is 0 Å². The van der Waals surface area contributed by atoms with Gasteiger partial charge in [-0.15, -0.1) is 0 Å². The SMILES string of the molecule is Cc1cc(C(NN)c2ccc(C(C)(C)C)cc2)cc(C)n1. The number of benzene rings is 1. The van der Waals surface area contributed by atoms with Crippen molar-refractivity contribution < 1.29 is 0 Å². The highest BCUT2D eigenvalue weighted by Crippen LogP contribution is 2.26. The van der Waals surface area contributed by atoms with E-state index in [1.807, 2.05) is 13.8 Å². The number of nitrogens with two attached hydrogens (primary N) is 1. The maximum absolute atomic E-state index is 5.79. The maximum atomic E-state index is 5.79. The number of hydrazine groups is 1. The maximum Gasteiger partial charge on any atom is 0.0711 e. The third kappa shape index (κ3) is 3.69. The molecule has 0 bridgehead atoms. The van der Waals surface area contributed by atoms with E-state index in [2.05, 4.69) is 67.6 Å². The van der Waals surface area contributed by atoms with E-state index in [0.717, 1.165) is 22.5 Å². The second kappa shape index (κ2) is 5.96. The second-order valence-corrected chi connectivity index (χ2v) is 6.65. The van der Waals surface area contributed by atoms with Gasteiger partial charge in [0.05, 0.1) is 6.04 Å². The Labute approximate surface area is 127 Å². The van der Waals surface area contributed by atoms with E-state index in [9.17, 15) is 0 Å². The van der Waals surface area contributed by atoms with Crippen LogP contribution in [0.25, 0.3) is 0 Å². The fraction of sp³-hybridized carbons (Fsp3) is 0.389. The summed E-state index contributed by atoms with van der Waals surface area (Å²) in [5.74, 6) is 5.79. The molecule has 0 aliphatic carbocycles. The molecule has 112 valence electrons. The van der Waals surface area contributed by atoms with Crippen LogP contribution in [0, 0.1) is 13.8 Å². The van der Waals surface area contributed by atoms with E-state index in [0.29, 0.717) is 0 Å². The summed E-state index contributed by atoms with van der Waals surface area (Å²) in [6.07, 6.45) is 0. The molecule has 3 nitrogen and oxygen atoms in total. The van der Waals surface area contributed by atoms with E-state index in [1.165, 1.54) is 5.56 Å². The number of aryl methyl sites for hydroxylation is 2. The van der Waals surface area contributed by atoms with Crippen molar-refractivity contribution in [3.05, 3.63) is 64.5 Å². The average Bonchev–Trinajstić information content (AvgIpc) is 2.38. The summed E-state index contributed by atoms with van der Waals surface area (Å²) in [7, 11) is 0. The van der Waals surface area contributed by atoms with Crippen LogP contribution < -0.4 is 11.3 Å². The molecule has 0 saturated heterocycles. The van der Waals surface area contributed by atoms with Crippen LogP contribution in [0.5, 0.6) is 0 Å². The zero-order valence-corrected chi connectivity index (χ0v) is 13.6. The monoisotopic (exact) mass is 283 g/mol. The first kappa shape index (κ1) is 15.7. The minimum absolute atomic E-state index is 0.0144. The van der Waals surface area contributed by atoms with Crippen LogP contribution in [0.2, 0.25) is 0 Å². The number of hydrogen-bond acceptors (Lipinski definition) is 3. The van der Waals surface area contributed by atoms with Crippen molar-refractivity contribution in [1.82, 2.24) is 10.4 Å². The van der Waals surface area contributed by atoms with Crippen molar-refractivity contribution in [3.63, 3.8) is 0 Å². The Bertz CT molecular complexity index is 589. The molecule has 3 N–H and O–H groups in total. The minimum atomic E-state index is -0.0144. The number of nitrogens with zero attached hydrogens (tertiary/aromatic N) is 1. The smallest absolute Gasteiger partial charge is 0.0711 e. The molecule has 2 aromatic rings. The van der Waals surface area contributed by atoms with Gasteiger partial charge in [0, 0.05) is 11.4 Å². The third-order valence-corrected chi connectivity index (χ3v) is 3.71. The standard InChI is InChI=1S/C18H25N3/c1-12-10-15(11-13(2)20-12)17(21-19)14-6-8-16(9-7-14)18(3,4)5/h6-11,17,21H,19H2,1-5H3. The summed E-state index contributed by atoms with van der Waals surface area (Å²) in [4.78, 5) is 4.42. The molecule has 1 atom stereocenters. The highest BCUT2D eigenvalue weighted by Gasteiger charge is 2.16. The molecule has 0 radical (unpaired) electrons. The Morgan fingerprint density at radius 1 is 0.952 bits per heavy atom. The molecule has 0 fully saturated rings. The molecule has 0 spiro atoms. The second-order valence-electron chi connectivity index (χ2n) is 6.65. The summed E-state index contributed by atoms with van der Waals surface area (Å²) in [5.41, 5.74) is 8.73. The van der Waals surface area contributed by atoms with Crippen molar-refractivity contribution >= 4 is 0 Å². The Hall–Kier alpha value is -1.71. The van der Waals surface area contributed by atoms with Crippen LogP contribution in [-0.4, -0.2) is 4.98 Å². The van der Waals surface area contributed by atoms with Crippen molar-refractivity contribution in [1.29, 1.82) is 0 Å². The van der Waals surface area contributed by atoms with Gasteiger partial charge in [0.2, 0.25) is 0 Å². The molecule has 1 aromatic carbocycles. The lowest BCUT2D eigenvalue weighted by Crippen LogP contribution is -2.29. The van der Waals surface area contributed by atoms with E-state index in [4.69, 9.17) is 5.84 Å². The van der Waals surface area contributed by atoms with Crippen LogP contribution in [0.15, 0.2) is 36.4 Å². The lowest BCUT2D eigenvalue weighted by Gasteiger charge is -2.22. The molecule has 0 aliphatic rings. The first-order valence-corrected chi connectivity index (χ1v) is 7.33. The van der Waals surface area contributed by atoms with Gasteiger partial charge in [-0.1, -0.05) is 45.0 Å². The van der Waals surface area contributed by atoms with E-state index < -0.39 is 0 Å². The quantitative estimate of drug-likeness (QED) is 0.669. The minimum Gasteiger partial charge on any atom is -0.271 e. The zero-order chi connectivity index (χ0) is 15.6. The fourth-order valence-electron chi connectivity index (χ4n) is 2.59.